The SMILES string of the molecule is C=CCO[SiH2]OCC=C. The summed E-state index contributed by atoms with van der Waals surface area (Å²) in [5.74, 6) is 0. The lowest BCUT2D eigenvalue weighted by Gasteiger charge is -1.98. The van der Waals surface area contributed by atoms with E-state index in [-0.39, 0.29) is 0 Å². The van der Waals surface area contributed by atoms with Gasteiger partial charge in [-0.05, 0) is 0 Å². The van der Waals surface area contributed by atoms with Gasteiger partial charge >= 0.3 is 10.0 Å². The maximum Gasteiger partial charge on any atom is 0.305 e. The van der Waals surface area contributed by atoms with E-state index in [2.05, 4.69) is 13.2 Å². The smallest absolute Gasteiger partial charge is 0.305 e. The van der Waals surface area contributed by atoms with E-state index >= 15 is 0 Å². The van der Waals surface area contributed by atoms with Crippen LogP contribution in [0.1, 0.15) is 0 Å². The van der Waals surface area contributed by atoms with Crippen LogP contribution >= 0.6 is 0 Å². The minimum Gasteiger partial charge on any atom is -0.395 e. The molecule has 0 spiro atoms. The molecule has 0 aromatic heterocycles. The summed E-state index contributed by atoms with van der Waals surface area (Å²) >= 11 is 0. The van der Waals surface area contributed by atoms with Gasteiger partial charge in [0.15, 0.2) is 0 Å². The van der Waals surface area contributed by atoms with Crippen molar-refractivity contribution >= 4 is 10.0 Å². The molecule has 2 nitrogen and oxygen atoms in total. The molecule has 0 rings (SSSR count). The summed E-state index contributed by atoms with van der Waals surface area (Å²) in [6.07, 6.45) is 3.43. The highest BCUT2D eigenvalue weighted by Gasteiger charge is 1.82. The molecule has 0 aromatic rings. The van der Waals surface area contributed by atoms with Crippen LogP contribution in [-0.4, -0.2) is 23.2 Å². The molecule has 0 aromatic carbocycles. The molecule has 0 N–H and O–H groups in total. The second-order valence-electron chi connectivity index (χ2n) is 1.44. The maximum atomic E-state index is 5.04. The Kier molecular flexibility index (Phi) is 7.29. The Hall–Kier alpha value is -0.383. The molecule has 0 aliphatic heterocycles. The standard InChI is InChI=1S/C6H12O2Si/c1-3-5-7-9-8-6-4-2/h3-4H,1-2,5-6,9H2. The van der Waals surface area contributed by atoms with Crippen molar-refractivity contribution < 1.29 is 8.85 Å². The Balaban J connectivity index is 2.74. The van der Waals surface area contributed by atoms with Gasteiger partial charge in [0.1, 0.15) is 0 Å². The Morgan fingerprint density at radius 1 is 1.11 bits per heavy atom. The average molecular weight is 144 g/mol. The summed E-state index contributed by atoms with van der Waals surface area (Å²) in [6, 6.07) is 0. The van der Waals surface area contributed by atoms with E-state index in [9.17, 15) is 0 Å². The van der Waals surface area contributed by atoms with Crippen LogP contribution in [0.25, 0.3) is 0 Å². The van der Waals surface area contributed by atoms with Crippen LogP contribution in [-0.2, 0) is 8.85 Å². The van der Waals surface area contributed by atoms with Crippen molar-refractivity contribution in [3.05, 3.63) is 25.3 Å². The summed E-state index contributed by atoms with van der Waals surface area (Å²) in [5.41, 5.74) is 0. The molecular weight excluding hydrogens is 132 g/mol. The highest BCUT2D eigenvalue weighted by molar-refractivity contribution is 6.17. The van der Waals surface area contributed by atoms with E-state index in [1.54, 1.807) is 12.2 Å². The van der Waals surface area contributed by atoms with Crippen LogP contribution in [0.5, 0.6) is 0 Å². The molecule has 9 heavy (non-hydrogen) atoms. The van der Waals surface area contributed by atoms with Gasteiger partial charge in [0.25, 0.3) is 0 Å². The van der Waals surface area contributed by atoms with Crippen LogP contribution in [0.2, 0.25) is 0 Å². The Labute approximate surface area is 58.2 Å². The van der Waals surface area contributed by atoms with E-state index in [1.165, 1.54) is 0 Å². The minimum absolute atomic E-state index is 0.601. The topological polar surface area (TPSA) is 18.5 Å². The van der Waals surface area contributed by atoms with Gasteiger partial charge in [0.05, 0.1) is 13.2 Å². The molecule has 0 aliphatic rings. The average Bonchev–Trinajstić information content (AvgIpc) is 1.89. The van der Waals surface area contributed by atoms with Crippen molar-refractivity contribution in [3.63, 3.8) is 0 Å². The molecular formula is C6H12O2Si. The molecule has 3 heteroatoms. The predicted molar refractivity (Wildman–Crippen MR) is 40.8 cm³/mol. The lowest BCUT2D eigenvalue weighted by Crippen LogP contribution is -2.03. The second kappa shape index (κ2) is 7.62. The quantitative estimate of drug-likeness (QED) is 0.305. The Morgan fingerprint density at radius 2 is 1.56 bits per heavy atom. The van der Waals surface area contributed by atoms with Crippen molar-refractivity contribution in [3.8, 4) is 0 Å². The van der Waals surface area contributed by atoms with E-state index < -0.39 is 10.0 Å². The molecule has 0 atom stereocenters. The fourth-order valence-corrected chi connectivity index (χ4v) is 0.965. The summed E-state index contributed by atoms with van der Waals surface area (Å²) in [7, 11) is -0.753. The van der Waals surface area contributed by atoms with Gasteiger partial charge in [-0.25, -0.2) is 0 Å². The second-order valence-corrected chi connectivity index (χ2v) is 2.49. The first kappa shape index (κ1) is 8.62. The zero-order chi connectivity index (χ0) is 6.95. The van der Waals surface area contributed by atoms with Crippen LogP contribution in [0.4, 0.5) is 0 Å². The summed E-state index contributed by atoms with van der Waals surface area (Å²) in [4.78, 5) is 0. The van der Waals surface area contributed by atoms with Crippen LogP contribution in [0.3, 0.4) is 0 Å². The van der Waals surface area contributed by atoms with Gasteiger partial charge in [-0.1, -0.05) is 12.2 Å². The highest BCUT2D eigenvalue weighted by Crippen LogP contribution is 1.75. The lowest BCUT2D eigenvalue weighted by atomic mass is 10.7. The van der Waals surface area contributed by atoms with Crippen LogP contribution < -0.4 is 0 Å². The molecule has 0 unspecified atom stereocenters. The fourth-order valence-electron chi connectivity index (χ4n) is 0.322. The van der Waals surface area contributed by atoms with Gasteiger partial charge in [-0.15, -0.1) is 13.2 Å². The van der Waals surface area contributed by atoms with Crippen molar-refractivity contribution in [1.82, 2.24) is 0 Å². The Morgan fingerprint density at radius 3 is 1.89 bits per heavy atom. The first-order chi connectivity index (χ1) is 4.41. The largest absolute Gasteiger partial charge is 0.395 e. The molecule has 0 saturated heterocycles. The van der Waals surface area contributed by atoms with Crippen molar-refractivity contribution in [2.24, 2.45) is 0 Å². The minimum atomic E-state index is -0.753. The van der Waals surface area contributed by atoms with E-state index in [0.717, 1.165) is 0 Å². The molecule has 52 valence electrons. The van der Waals surface area contributed by atoms with E-state index in [4.69, 9.17) is 8.85 Å². The molecule has 0 aliphatic carbocycles. The van der Waals surface area contributed by atoms with Gasteiger partial charge < -0.3 is 8.85 Å². The third-order valence-electron chi connectivity index (χ3n) is 0.638. The summed E-state index contributed by atoms with van der Waals surface area (Å²) in [6.45, 7) is 8.20. The van der Waals surface area contributed by atoms with Gasteiger partial charge in [-0.2, -0.15) is 0 Å². The molecule has 0 saturated carbocycles. The molecule has 0 heterocycles. The number of rotatable bonds is 6. The summed E-state index contributed by atoms with van der Waals surface area (Å²) < 4.78 is 10.1. The third-order valence-corrected chi connectivity index (χ3v) is 1.44. The predicted octanol–water partition coefficient (Wildman–Crippen LogP) is 0.390. The first-order valence-corrected chi connectivity index (χ1v) is 3.94. The fraction of sp³-hybridized carbons (Fsp3) is 0.333. The molecule has 0 radical (unpaired) electrons. The molecule has 0 bridgehead atoms. The highest BCUT2D eigenvalue weighted by atomic mass is 28.3. The third kappa shape index (κ3) is 7.62. The van der Waals surface area contributed by atoms with E-state index in [1.807, 2.05) is 0 Å². The van der Waals surface area contributed by atoms with E-state index in [0.29, 0.717) is 13.2 Å². The van der Waals surface area contributed by atoms with Crippen molar-refractivity contribution in [1.29, 1.82) is 0 Å². The van der Waals surface area contributed by atoms with Gasteiger partial charge in [0.2, 0.25) is 0 Å². The first-order valence-electron chi connectivity index (χ1n) is 2.79. The van der Waals surface area contributed by atoms with Crippen LogP contribution in [0.15, 0.2) is 25.3 Å². The Bertz CT molecular complexity index is 73.1. The maximum absolute atomic E-state index is 5.04. The molecule has 0 amide bonds. The van der Waals surface area contributed by atoms with Crippen molar-refractivity contribution in [2.45, 2.75) is 0 Å². The zero-order valence-electron chi connectivity index (χ0n) is 5.51. The number of hydrogen-bond acceptors (Lipinski definition) is 2. The zero-order valence-corrected chi connectivity index (χ0v) is 6.92. The lowest BCUT2D eigenvalue weighted by molar-refractivity contribution is 0.261. The molecule has 0 fully saturated rings. The monoisotopic (exact) mass is 144 g/mol. The van der Waals surface area contributed by atoms with Gasteiger partial charge in [0, 0.05) is 0 Å². The van der Waals surface area contributed by atoms with Gasteiger partial charge in [-0.3, -0.25) is 0 Å². The van der Waals surface area contributed by atoms with Crippen molar-refractivity contribution in [2.75, 3.05) is 13.2 Å². The van der Waals surface area contributed by atoms with Crippen LogP contribution in [0, 0.1) is 0 Å². The normalized spacial score (nSPS) is 8.89. The number of hydrogen-bond donors (Lipinski definition) is 0. The summed E-state index contributed by atoms with van der Waals surface area (Å²) in [5, 5.41) is 0.